The third kappa shape index (κ3) is 5.94. The Labute approximate surface area is 260 Å². The highest BCUT2D eigenvalue weighted by molar-refractivity contribution is 6.33. The van der Waals surface area contributed by atoms with Crippen molar-refractivity contribution < 1.29 is 19.0 Å². The van der Waals surface area contributed by atoms with Crippen molar-refractivity contribution in [3.8, 4) is 23.3 Å². The topological polar surface area (TPSA) is 144 Å². The molecule has 2 heterocycles. The molecule has 2 aromatic heterocycles. The minimum atomic E-state index is -0.548. The van der Waals surface area contributed by atoms with Crippen molar-refractivity contribution in [1.82, 2.24) is 15.3 Å². The number of fused-ring (bicyclic) bond motifs is 4. The number of amides is 1. The molecule has 2 bridgehead atoms. The Bertz CT molecular complexity index is 1760. The van der Waals surface area contributed by atoms with Crippen molar-refractivity contribution in [2.24, 2.45) is 5.73 Å². The first kappa shape index (κ1) is 29.5. The highest BCUT2D eigenvalue weighted by atomic mass is 35.5. The first-order valence-electron chi connectivity index (χ1n) is 14.5. The van der Waals surface area contributed by atoms with E-state index in [0.717, 1.165) is 49.8 Å². The molecule has 0 unspecified atom stereocenters. The number of aryl methyl sites for hydroxylation is 1. The standard InChI is InChI=1S/C33H33ClN6O4/c1-20-4-3-13-37-27(20)19-43-22-5-6-25(24(34)14-22)39-30-21(17-35)18-38-26-16-29(28(42-2)15-23(26)30)44-31(41)40-33-10-7-32(36,8-11-33)9-12-33/h3-6,13-16,18H,7-12,19,36H2,1-2H3,(H,38,39)(H,40,41). The van der Waals surface area contributed by atoms with Gasteiger partial charge >= 0.3 is 6.09 Å². The monoisotopic (exact) mass is 612 g/mol. The fraction of sp³-hybridized carbons (Fsp3) is 0.333. The molecule has 3 saturated carbocycles. The molecule has 0 saturated heterocycles. The van der Waals surface area contributed by atoms with Gasteiger partial charge in [-0.15, -0.1) is 0 Å². The average molecular weight is 613 g/mol. The van der Waals surface area contributed by atoms with Crippen LogP contribution < -0.4 is 30.6 Å². The lowest BCUT2D eigenvalue weighted by atomic mass is 9.62. The number of hydrogen-bond donors (Lipinski definition) is 3. The first-order chi connectivity index (χ1) is 21.2. The SMILES string of the molecule is COc1cc2c(Nc3ccc(OCc4ncccc4C)cc3Cl)c(C#N)cnc2cc1OC(=O)NC12CCC(N)(CC1)CC2. The van der Waals surface area contributed by atoms with E-state index in [-0.39, 0.29) is 16.8 Å². The number of nitrogens with zero attached hydrogens (tertiary/aromatic N) is 3. The van der Waals surface area contributed by atoms with Gasteiger partial charge in [-0.1, -0.05) is 17.7 Å². The summed E-state index contributed by atoms with van der Waals surface area (Å²) >= 11 is 6.64. The van der Waals surface area contributed by atoms with Crippen molar-refractivity contribution in [1.29, 1.82) is 5.26 Å². The van der Waals surface area contributed by atoms with E-state index in [1.54, 1.807) is 36.5 Å². The van der Waals surface area contributed by atoms with Gasteiger partial charge in [0, 0.05) is 41.0 Å². The van der Waals surface area contributed by atoms with E-state index < -0.39 is 6.09 Å². The molecular weight excluding hydrogens is 580 g/mol. The zero-order valence-electron chi connectivity index (χ0n) is 24.6. The van der Waals surface area contributed by atoms with Crippen LogP contribution in [0, 0.1) is 18.3 Å². The number of rotatable bonds is 8. The van der Waals surface area contributed by atoms with Gasteiger partial charge in [-0.05, 0) is 75.3 Å². The summed E-state index contributed by atoms with van der Waals surface area (Å²) in [6.45, 7) is 2.29. The van der Waals surface area contributed by atoms with E-state index in [1.165, 1.54) is 13.3 Å². The van der Waals surface area contributed by atoms with Crippen LogP contribution >= 0.6 is 11.6 Å². The summed E-state index contributed by atoms with van der Waals surface area (Å²) in [4.78, 5) is 21.8. The number of nitrogens with one attached hydrogen (secondary N) is 2. The maximum absolute atomic E-state index is 13.0. The average Bonchev–Trinajstić information content (AvgIpc) is 3.02. The van der Waals surface area contributed by atoms with Crippen molar-refractivity contribution >= 4 is 40.0 Å². The number of nitrogens with two attached hydrogens (primary N) is 1. The summed E-state index contributed by atoms with van der Waals surface area (Å²) in [5.41, 5.74) is 9.76. The minimum Gasteiger partial charge on any atom is -0.493 e. The van der Waals surface area contributed by atoms with Gasteiger partial charge in [-0.25, -0.2) is 4.79 Å². The lowest BCUT2D eigenvalue weighted by Crippen LogP contribution is -2.61. The molecule has 1 amide bonds. The van der Waals surface area contributed by atoms with Crippen LogP contribution in [0.3, 0.4) is 0 Å². The molecule has 10 nitrogen and oxygen atoms in total. The van der Waals surface area contributed by atoms with Gasteiger partial charge in [0.25, 0.3) is 0 Å². The largest absolute Gasteiger partial charge is 0.493 e. The minimum absolute atomic E-state index is 0.103. The molecule has 0 aliphatic heterocycles. The third-order valence-corrected chi connectivity index (χ3v) is 9.15. The molecule has 11 heteroatoms. The van der Waals surface area contributed by atoms with Crippen LogP contribution in [-0.2, 0) is 6.61 Å². The molecule has 0 radical (unpaired) electrons. The van der Waals surface area contributed by atoms with Crippen molar-refractivity contribution in [3.63, 3.8) is 0 Å². The first-order valence-corrected chi connectivity index (χ1v) is 14.9. The Morgan fingerprint density at radius 3 is 2.55 bits per heavy atom. The number of methoxy groups -OCH3 is 1. The Balaban J connectivity index is 1.23. The zero-order chi connectivity index (χ0) is 30.9. The zero-order valence-corrected chi connectivity index (χ0v) is 25.3. The molecule has 3 fully saturated rings. The number of benzene rings is 2. The lowest BCUT2D eigenvalue weighted by Gasteiger charge is -2.51. The molecule has 3 aliphatic rings. The van der Waals surface area contributed by atoms with Gasteiger partial charge in [0.2, 0.25) is 0 Å². The fourth-order valence-corrected chi connectivity index (χ4v) is 6.26. The normalized spacial score (nSPS) is 20.5. The van der Waals surface area contributed by atoms with Crippen LogP contribution in [0.5, 0.6) is 17.2 Å². The Morgan fingerprint density at radius 2 is 1.86 bits per heavy atom. The van der Waals surface area contributed by atoms with Crippen LogP contribution in [-0.4, -0.2) is 34.2 Å². The second-order valence-corrected chi connectivity index (χ2v) is 12.1. The molecule has 2 aromatic carbocycles. The molecule has 0 spiro atoms. The molecular formula is C33H33ClN6O4. The summed E-state index contributed by atoms with van der Waals surface area (Å²) in [6, 6.07) is 14.6. The van der Waals surface area contributed by atoms with Gasteiger partial charge in [-0.3, -0.25) is 9.97 Å². The number of carbonyl (C=O) groups excluding carboxylic acids is 1. The molecule has 44 heavy (non-hydrogen) atoms. The molecule has 3 aliphatic carbocycles. The Hall–Kier alpha value is -4.59. The Morgan fingerprint density at radius 1 is 1.09 bits per heavy atom. The van der Waals surface area contributed by atoms with Crippen molar-refractivity contribution in [3.05, 3.63) is 76.7 Å². The van der Waals surface area contributed by atoms with Crippen molar-refractivity contribution in [2.75, 3.05) is 12.4 Å². The highest BCUT2D eigenvalue weighted by Gasteiger charge is 2.47. The van der Waals surface area contributed by atoms with E-state index in [4.69, 9.17) is 31.5 Å². The van der Waals surface area contributed by atoms with Gasteiger partial charge in [0.05, 0.1) is 40.3 Å². The fourth-order valence-electron chi connectivity index (χ4n) is 6.05. The van der Waals surface area contributed by atoms with Crippen molar-refractivity contribution in [2.45, 2.75) is 63.1 Å². The summed E-state index contributed by atoms with van der Waals surface area (Å²) in [6.07, 6.45) is 7.81. The van der Waals surface area contributed by atoms with E-state index in [9.17, 15) is 10.1 Å². The summed E-state index contributed by atoms with van der Waals surface area (Å²) in [5, 5.41) is 17.3. The summed E-state index contributed by atoms with van der Waals surface area (Å²) in [7, 11) is 1.49. The second kappa shape index (κ2) is 11.8. The molecule has 4 N–H and O–H groups in total. The molecule has 4 aromatic rings. The number of anilines is 2. The predicted octanol–water partition coefficient (Wildman–Crippen LogP) is 6.69. The predicted molar refractivity (Wildman–Crippen MR) is 168 cm³/mol. The number of nitriles is 1. The summed E-state index contributed by atoms with van der Waals surface area (Å²) < 4.78 is 17.3. The number of aromatic nitrogens is 2. The van der Waals surface area contributed by atoms with Crippen LogP contribution in [0.1, 0.15) is 55.3 Å². The van der Waals surface area contributed by atoms with E-state index in [1.807, 2.05) is 19.1 Å². The van der Waals surface area contributed by atoms with Crippen LogP contribution in [0.2, 0.25) is 5.02 Å². The quantitative estimate of drug-likeness (QED) is 0.198. The smallest absolute Gasteiger partial charge is 0.413 e. The van der Waals surface area contributed by atoms with E-state index in [0.29, 0.717) is 51.0 Å². The summed E-state index contributed by atoms with van der Waals surface area (Å²) in [5.74, 6) is 1.12. The van der Waals surface area contributed by atoms with Gasteiger partial charge < -0.3 is 30.6 Å². The molecule has 7 rings (SSSR count). The van der Waals surface area contributed by atoms with E-state index >= 15 is 0 Å². The van der Waals surface area contributed by atoms with Gasteiger partial charge in [0.15, 0.2) is 11.5 Å². The second-order valence-electron chi connectivity index (χ2n) is 11.7. The molecule has 0 atom stereocenters. The number of ether oxygens (including phenoxy) is 3. The Kier molecular flexibility index (Phi) is 7.93. The highest BCUT2D eigenvalue weighted by Crippen LogP contribution is 2.46. The maximum atomic E-state index is 13.0. The number of halogens is 1. The number of carbonyl (C=O) groups is 1. The van der Waals surface area contributed by atoms with Crippen LogP contribution in [0.4, 0.5) is 16.2 Å². The third-order valence-electron chi connectivity index (χ3n) is 8.84. The van der Waals surface area contributed by atoms with Crippen LogP contribution in [0.25, 0.3) is 10.9 Å². The lowest BCUT2D eigenvalue weighted by molar-refractivity contribution is 0.0804. The van der Waals surface area contributed by atoms with E-state index in [2.05, 4.69) is 26.7 Å². The number of hydrogen-bond acceptors (Lipinski definition) is 9. The van der Waals surface area contributed by atoms with Gasteiger partial charge in [-0.2, -0.15) is 5.26 Å². The van der Waals surface area contributed by atoms with Gasteiger partial charge in [0.1, 0.15) is 18.4 Å². The van der Waals surface area contributed by atoms with Crippen LogP contribution in [0.15, 0.2) is 54.9 Å². The number of pyridine rings is 2. The maximum Gasteiger partial charge on any atom is 0.413 e. The molecule has 226 valence electrons.